The van der Waals surface area contributed by atoms with E-state index >= 15 is 0 Å². The van der Waals surface area contributed by atoms with Crippen molar-refractivity contribution in [2.45, 2.75) is 181 Å². The summed E-state index contributed by atoms with van der Waals surface area (Å²) in [7, 11) is 0. The highest BCUT2D eigenvalue weighted by molar-refractivity contribution is 5.74. The maximum Gasteiger partial charge on any atom is 0.217 e. The first-order valence-electron chi connectivity index (χ1n) is 20.9. The number of carbonyl (C=O) groups excluding carboxylic acids is 3. The zero-order chi connectivity index (χ0) is 48.2. The second kappa shape index (κ2) is 23.2. The van der Waals surface area contributed by atoms with E-state index in [0.29, 0.717) is 0 Å². The molecule has 5 heterocycles. The number of rotatable bonds is 16. The fourth-order valence-electron chi connectivity index (χ4n) is 8.37. The van der Waals surface area contributed by atoms with Crippen molar-refractivity contribution < 1.29 is 123 Å². The average molecular weight is 950 g/mol. The van der Waals surface area contributed by atoms with Crippen molar-refractivity contribution >= 4 is 17.7 Å². The molecule has 0 spiro atoms. The second-order valence-electron chi connectivity index (χ2n) is 16.5. The van der Waals surface area contributed by atoms with Crippen LogP contribution < -0.4 is 16.0 Å². The van der Waals surface area contributed by atoms with Crippen LogP contribution in [0.25, 0.3) is 0 Å². The van der Waals surface area contributed by atoms with E-state index in [4.69, 9.17) is 42.6 Å². The molecule has 28 nitrogen and oxygen atoms in total. The van der Waals surface area contributed by atoms with Gasteiger partial charge < -0.3 is 125 Å². The summed E-state index contributed by atoms with van der Waals surface area (Å²) in [5.41, 5.74) is 0. The molecule has 11 unspecified atom stereocenters. The van der Waals surface area contributed by atoms with E-state index in [1.54, 1.807) is 0 Å². The van der Waals surface area contributed by atoms with Crippen molar-refractivity contribution in [3.05, 3.63) is 0 Å². The van der Waals surface area contributed by atoms with Gasteiger partial charge in [0.1, 0.15) is 116 Å². The quantitative estimate of drug-likeness (QED) is 0.0683. The van der Waals surface area contributed by atoms with Crippen LogP contribution in [0.2, 0.25) is 0 Å². The van der Waals surface area contributed by atoms with E-state index in [9.17, 15) is 80.8 Å². The first-order chi connectivity index (χ1) is 30.7. The van der Waals surface area contributed by atoms with Crippen LogP contribution >= 0.6 is 0 Å². The third-order valence-electron chi connectivity index (χ3n) is 11.8. The van der Waals surface area contributed by atoms with Crippen molar-refractivity contribution in [1.29, 1.82) is 0 Å². The highest BCUT2D eigenvalue weighted by atomic mass is 16.8. The van der Waals surface area contributed by atoms with Crippen LogP contribution in [0.5, 0.6) is 0 Å². The van der Waals surface area contributed by atoms with Crippen LogP contribution in [0.4, 0.5) is 0 Å². The molecule has 5 aliphatic rings. The standard InChI is InChI=1S/C37H63N3O25/c1-10-19(38-11(2)45)26(52)31(16(7-43)58-10)63-35-21(40-13(4)47)27(53)32(17(8-44)61-35)64-36-30(56)28(54)24(50)18(62-36)9-57-37-33(29(55)23(49)15(6-42)60-37)65-34-20(39-12(3)46)25(51)22(48)14(5-41)59-34/h10,14-37,41-44,48-56H,5-9H2,1-4H3,(H,38,45)(H,39,46)(H,40,47)/t10-,14?,15?,16?,17?,18?,19?,20?,21?,22+,23+,24+,25?,26+,27+,28-,29-,30?,31+,32+,33?,34-,35-,36-,37-/m0/s1. The Labute approximate surface area is 370 Å². The lowest BCUT2D eigenvalue weighted by Crippen LogP contribution is -2.70. The Hall–Kier alpha value is -2.47. The maximum absolute atomic E-state index is 12.4. The monoisotopic (exact) mass is 949 g/mol. The smallest absolute Gasteiger partial charge is 0.217 e. The van der Waals surface area contributed by atoms with Gasteiger partial charge in [0.2, 0.25) is 17.7 Å². The molecule has 0 saturated carbocycles. The molecule has 5 rings (SSSR count). The topological polar surface area (TPSA) is 433 Å². The molecule has 5 saturated heterocycles. The fourth-order valence-corrected chi connectivity index (χ4v) is 8.37. The van der Waals surface area contributed by atoms with Crippen molar-refractivity contribution in [3.8, 4) is 0 Å². The van der Waals surface area contributed by atoms with Gasteiger partial charge in [-0.15, -0.1) is 0 Å². The van der Waals surface area contributed by atoms with Gasteiger partial charge in [-0.3, -0.25) is 14.4 Å². The number of nitrogens with one attached hydrogen (secondary N) is 3. The van der Waals surface area contributed by atoms with Crippen LogP contribution in [-0.4, -0.2) is 270 Å². The van der Waals surface area contributed by atoms with Gasteiger partial charge in [-0.1, -0.05) is 0 Å². The van der Waals surface area contributed by atoms with Crippen LogP contribution in [0.15, 0.2) is 0 Å². The van der Waals surface area contributed by atoms with Gasteiger partial charge in [0.25, 0.3) is 0 Å². The van der Waals surface area contributed by atoms with E-state index in [1.807, 2.05) is 0 Å². The van der Waals surface area contributed by atoms with Crippen molar-refractivity contribution in [2.24, 2.45) is 0 Å². The number of amides is 3. The molecule has 0 aromatic rings. The van der Waals surface area contributed by atoms with Gasteiger partial charge in [-0.25, -0.2) is 0 Å². The van der Waals surface area contributed by atoms with E-state index in [1.165, 1.54) is 13.8 Å². The Morgan fingerprint density at radius 1 is 0.415 bits per heavy atom. The lowest BCUT2D eigenvalue weighted by atomic mass is 9.92. The number of hydrogen-bond acceptors (Lipinski definition) is 25. The average Bonchev–Trinajstić information content (AvgIpc) is 3.26. The molecule has 65 heavy (non-hydrogen) atoms. The van der Waals surface area contributed by atoms with E-state index < -0.39 is 204 Å². The van der Waals surface area contributed by atoms with Crippen molar-refractivity contribution in [2.75, 3.05) is 33.0 Å². The molecule has 3 amide bonds. The minimum Gasteiger partial charge on any atom is -0.394 e. The Kier molecular flexibility index (Phi) is 19.1. The van der Waals surface area contributed by atoms with Gasteiger partial charge in [0, 0.05) is 20.8 Å². The van der Waals surface area contributed by atoms with Crippen LogP contribution in [0.3, 0.4) is 0 Å². The summed E-state index contributed by atoms with van der Waals surface area (Å²) in [6.07, 6.45) is -37.5. The van der Waals surface area contributed by atoms with Gasteiger partial charge in [0.05, 0.1) is 45.2 Å². The number of aliphatic hydroxyl groups excluding tert-OH is 13. The third kappa shape index (κ3) is 12.0. The molecule has 28 heteroatoms. The Morgan fingerprint density at radius 3 is 1.32 bits per heavy atom. The van der Waals surface area contributed by atoms with Gasteiger partial charge in [-0.2, -0.15) is 0 Å². The van der Waals surface area contributed by atoms with Crippen LogP contribution in [0, 0.1) is 0 Å². The number of ether oxygens (including phenoxy) is 9. The maximum atomic E-state index is 12.4. The molecule has 0 aromatic carbocycles. The molecule has 5 fully saturated rings. The molecule has 0 radical (unpaired) electrons. The van der Waals surface area contributed by atoms with E-state index in [0.717, 1.165) is 13.8 Å². The largest absolute Gasteiger partial charge is 0.394 e. The third-order valence-corrected chi connectivity index (χ3v) is 11.8. The van der Waals surface area contributed by atoms with Crippen molar-refractivity contribution in [3.63, 3.8) is 0 Å². The summed E-state index contributed by atoms with van der Waals surface area (Å²) in [6, 6.07) is -4.17. The lowest BCUT2D eigenvalue weighted by molar-refractivity contribution is -0.372. The van der Waals surface area contributed by atoms with Gasteiger partial charge in [0.15, 0.2) is 25.2 Å². The van der Waals surface area contributed by atoms with Crippen molar-refractivity contribution in [1.82, 2.24) is 16.0 Å². The van der Waals surface area contributed by atoms with Crippen LogP contribution in [-0.2, 0) is 57.0 Å². The Balaban J connectivity index is 1.34. The van der Waals surface area contributed by atoms with Gasteiger partial charge in [-0.05, 0) is 6.92 Å². The molecule has 376 valence electrons. The number of aliphatic hydroxyl groups is 13. The zero-order valence-electron chi connectivity index (χ0n) is 35.7. The predicted octanol–water partition coefficient (Wildman–Crippen LogP) is -10.4. The molecule has 0 aromatic heterocycles. The first kappa shape index (κ1) is 53.5. The summed E-state index contributed by atoms with van der Waals surface area (Å²) in [5, 5.41) is 146. The fraction of sp³-hybridized carbons (Fsp3) is 0.919. The summed E-state index contributed by atoms with van der Waals surface area (Å²) < 4.78 is 52.2. The molecule has 5 aliphatic heterocycles. The molecule has 0 bridgehead atoms. The zero-order valence-corrected chi connectivity index (χ0v) is 35.7. The molecule has 16 N–H and O–H groups in total. The lowest BCUT2D eigenvalue weighted by Gasteiger charge is -2.49. The van der Waals surface area contributed by atoms with E-state index in [2.05, 4.69) is 16.0 Å². The number of carbonyl (C=O) groups is 3. The van der Waals surface area contributed by atoms with Crippen LogP contribution in [0.1, 0.15) is 27.7 Å². The summed E-state index contributed by atoms with van der Waals surface area (Å²) in [5.74, 6) is -1.98. The molecule has 0 aliphatic carbocycles. The minimum absolute atomic E-state index is 0.524. The molecular weight excluding hydrogens is 886 g/mol. The van der Waals surface area contributed by atoms with E-state index in [-0.39, 0.29) is 0 Å². The summed E-state index contributed by atoms with van der Waals surface area (Å²) >= 11 is 0. The van der Waals surface area contributed by atoms with Gasteiger partial charge >= 0.3 is 0 Å². The Morgan fingerprint density at radius 2 is 0.800 bits per heavy atom. The number of hydrogen-bond donors (Lipinski definition) is 16. The minimum atomic E-state index is -2.08. The summed E-state index contributed by atoms with van der Waals surface area (Å²) in [6.45, 7) is 0.717. The second-order valence-corrected chi connectivity index (χ2v) is 16.5. The summed E-state index contributed by atoms with van der Waals surface area (Å²) in [4.78, 5) is 36.3. The molecule has 25 atom stereocenters. The predicted molar refractivity (Wildman–Crippen MR) is 205 cm³/mol. The SMILES string of the molecule is CC(=O)NC1C(O)[C@H](O)C(CO)O[C@H]1OC1[C@@H](OCC2O[C@@H](O[C@@H]3C(CO)O[C@@H](O[C@@H]4C(CO)O[C@@H](C)C(NC(C)=O)[C@H]4O)C(NC(C)=O)[C@H]3O)C(O)[C@@H](O)[C@@H]2O)OC(CO)[C@@H](O)[C@@H]1O. The Bertz CT molecular complexity index is 1560. The highest BCUT2D eigenvalue weighted by Crippen LogP contribution is 2.34. The normalized spacial score (nSPS) is 47.1. The highest BCUT2D eigenvalue weighted by Gasteiger charge is 2.56. The molecular formula is C37H63N3O25. The first-order valence-corrected chi connectivity index (χ1v) is 20.9.